The zero-order valence-electron chi connectivity index (χ0n) is 23.3. The van der Waals surface area contributed by atoms with Gasteiger partial charge in [0.15, 0.2) is 0 Å². The highest BCUT2D eigenvalue weighted by Gasteiger charge is 2.25. The summed E-state index contributed by atoms with van der Waals surface area (Å²) in [4.78, 5) is 0. The first kappa shape index (κ1) is 23.3. The predicted octanol–water partition coefficient (Wildman–Crippen LogP) is 12.6. The molecule has 0 aliphatic heterocycles. The van der Waals surface area contributed by atoms with E-state index in [1.807, 2.05) is 11.3 Å². The molecule has 10 aromatic rings. The topological polar surface area (TPSA) is 0 Å². The number of rotatable bonds is 2. The second kappa shape index (κ2) is 8.64. The van der Waals surface area contributed by atoms with Crippen LogP contribution < -0.4 is 0 Å². The van der Waals surface area contributed by atoms with Crippen LogP contribution in [0, 0.1) is 0 Å². The minimum atomic E-state index is 1.25. The summed E-state index contributed by atoms with van der Waals surface area (Å²) >= 11 is 1.92. The molecule has 0 fully saturated rings. The summed E-state index contributed by atoms with van der Waals surface area (Å²) < 4.78 is 2.70. The standard InChI is InChI=1S/C42H24S/c1-3-13-25(14-4-1)32-23-33(26-15-5-2-6-16-26)38-29-19-9-10-20-30(29)40-39-31-21-11-12-22-35(31)43-36(39)24-34-27-17-7-8-18-28(27)37(32)42(38)41(34)40/h1-24H. The van der Waals surface area contributed by atoms with Crippen LogP contribution in [0.4, 0.5) is 0 Å². The Labute approximate surface area is 252 Å². The van der Waals surface area contributed by atoms with Crippen LogP contribution >= 0.6 is 11.3 Å². The van der Waals surface area contributed by atoms with Gasteiger partial charge < -0.3 is 0 Å². The number of hydrogen-bond donors (Lipinski definition) is 0. The zero-order chi connectivity index (χ0) is 28.1. The van der Waals surface area contributed by atoms with Gasteiger partial charge in [-0.1, -0.05) is 127 Å². The van der Waals surface area contributed by atoms with E-state index in [1.165, 1.54) is 96.3 Å². The maximum absolute atomic E-state index is 2.48. The monoisotopic (exact) mass is 560 g/mol. The molecule has 0 aliphatic rings. The minimum absolute atomic E-state index is 1.25. The lowest BCUT2D eigenvalue weighted by Gasteiger charge is -2.23. The molecule has 0 saturated heterocycles. The molecule has 0 radical (unpaired) electrons. The molecular formula is C42H24S. The fraction of sp³-hybridized carbons (Fsp3) is 0. The molecule has 0 N–H and O–H groups in total. The molecule has 10 rings (SSSR count). The van der Waals surface area contributed by atoms with Gasteiger partial charge in [-0.3, -0.25) is 0 Å². The Balaban J connectivity index is 1.62. The van der Waals surface area contributed by atoms with E-state index in [2.05, 4.69) is 146 Å². The van der Waals surface area contributed by atoms with Crippen molar-refractivity contribution in [2.24, 2.45) is 0 Å². The van der Waals surface area contributed by atoms with E-state index in [9.17, 15) is 0 Å². The highest BCUT2D eigenvalue weighted by Crippen LogP contribution is 2.54. The quantitative estimate of drug-likeness (QED) is 0.146. The van der Waals surface area contributed by atoms with E-state index in [-0.39, 0.29) is 0 Å². The van der Waals surface area contributed by atoms with E-state index in [0.29, 0.717) is 0 Å². The Morgan fingerprint density at radius 2 is 0.744 bits per heavy atom. The molecule has 0 atom stereocenters. The molecule has 9 aromatic carbocycles. The summed E-state index contributed by atoms with van der Waals surface area (Å²) in [6.07, 6.45) is 0. The van der Waals surface area contributed by atoms with Crippen molar-refractivity contribution in [3.63, 3.8) is 0 Å². The average Bonchev–Trinajstić information content (AvgIpc) is 3.46. The predicted molar refractivity (Wildman–Crippen MR) is 189 cm³/mol. The molecule has 0 bridgehead atoms. The van der Waals surface area contributed by atoms with Crippen LogP contribution in [0.2, 0.25) is 0 Å². The van der Waals surface area contributed by atoms with E-state index < -0.39 is 0 Å². The van der Waals surface area contributed by atoms with Crippen molar-refractivity contribution in [3.05, 3.63) is 146 Å². The van der Waals surface area contributed by atoms with Gasteiger partial charge in [-0.05, 0) is 88.9 Å². The second-order valence-corrected chi connectivity index (χ2v) is 12.6. The summed E-state index contributed by atoms with van der Waals surface area (Å²) in [6, 6.07) is 54.0. The summed E-state index contributed by atoms with van der Waals surface area (Å²) in [7, 11) is 0. The number of benzene rings is 9. The lowest BCUT2D eigenvalue weighted by molar-refractivity contribution is 1.64. The molecule has 0 spiro atoms. The van der Waals surface area contributed by atoms with Gasteiger partial charge in [0, 0.05) is 25.6 Å². The second-order valence-electron chi connectivity index (χ2n) is 11.6. The Morgan fingerprint density at radius 3 is 1.37 bits per heavy atom. The van der Waals surface area contributed by atoms with Crippen LogP contribution in [0.5, 0.6) is 0 Å². The molecule has 0 amide bonds. The normalized spacial score (nSPS) is 12.2. The zero-order valence-corrected chi connectivity index (χ0v) is 24.1. The van der Waals surface area contributed by atoms with E-state index in [0.717, 1.165) is 0 Å². The fourth-order valence-corrected chi connectivity index (χ4v) is 8.82. The van der Waals surface area contributed by atoms with Crippen LogP contribution in [-0.2, 0) is 0 Å². The number of fused-ring (bicyclic) bond motifs is 10. The SMILES string of the molecule is c1ccc(-c2cc(-c3ccccc3)c3c4ccccc4c4c5c(cc6c7ccccc7c2c3c64)sc2ccccc25)cc1. The van der Waals surface area contributed by atoms with Crippen LogP contribution in [0.15, 0.2) is 146 Å². The van der Waals surface area contributed by atoms with Gasteiger partial charge in [-0.2, -0.15) is 0 Å². The van der Waals surface area contributed by atoms with Crippen molar-refractivity contribution < 1.29 is 0 Å². The van der Waals surface area contributed by atoms with Crippen LogP contribution in [0.25, 0.3) is 96.3 Å². The first-order valence-corrected chi connectivity index (χ1v) is 15.7. The fourth-order valence-electron chi connectivity index (χ4n) is 7.67. The molecule has 198 valence electrons. The number of hydrogen-bond acceptors (Lipinski definition) is 1. The van der Waals surface area contributed by atoms with Crippen molar-refractivity contribution in [1.29, 1.82) is 0 Å². The van der Waals surface area contributed by atoms with Crippen LogP contribution in [0.1, 0.15) is 0 Å². The van der Waals surface area contributed by atoms with E-state index in [1.54, 1.807) is 0 Å². The van der Waals surface area contributed by atoms with Crippen molar-refractivity contribution in [3.8, 4) is 22.3 Å². The van der Waals surface area contributed by atoms with Gasteiger partial charge in [-0.15, -0.1) is 11.3 Å². The summed E-state index contributed by atoms with van der Waals surface area (Å²) in [5.41, 5.74) is 5.07. The Bertz CT molecular complexity index is 2640. The third-order valence-corrected chi connectivity index (χ3v) is 10.5. The molecule has 43 heavy (non-hydrogen) atoms. The van der Waals surface area contributed by atoms with Gasteiger partial charge in [-0.25, -0.2) is 0 Å². The first-order valence-electron chi connectivity index (χ1n) is 14.9. The third-order valence-electron chi connectivity index (χ3n) is 9.37. The third kappa shape index (κ3) is 3.10. The van der Waals surface area contributed by atoms with Gasteiger partial charge in [0.2, 0.25) is 0 Å². The Hall–Kier alpha value is -5.24. The average molecular weight is 561 g/mol. The van der Waals surface area contributed by atoms with Crippen LogP contribution in [-0.4, -0.2) is 0 Å². The molecule has 1 heteroatoms. The molecule has 0 saturated carbocycles. The van der Waals surface area contributed by atoms with Crippen molar-refractivity contribution in [2.75, 3.05) is 0 Å². The molecule has 0 unspecified atom stereocenters. The molecule has 0 nitrogen and oxygen atoms in total. The molecule has 1 aromatic heterocycles. The van der Waals surface area contributed by atoms with E-state index >= 15 is 0 Å². The highest BCUT2D eigenvalue weighted by atomic mass is 32.1. The maximum atomic E-state index is 2.48. The molecule has 0 aliphatic carbocycles. The lowest BCUT2D eigenvalue weighted by Crippen LogP contribution is -1.95. The summed E-state index contributed by atoms with van der Waals surface area (Å²) in [5, 5.41) is 16.2. The van der Waals surface area contributed by atoms with Gasteiger partial charge in [0.05, 0.1) is 0 Å². The van der Waals surface area contributed by atoms with Gasteiger partial charge >= 0.3 is 0 Å². The smallest absolute Gasteiger partial charge is 0.0368 e. The largest absolute Gasteiger partial charge is 0.135 e. The van der Waals surface area contributed by atoms with Crippen molar-refractivity contribution in [1.82, 2.24) is 0 Å². The van der Waals surface area contributed by atoms with Gasteiger partial charge in [0.25, 0.3) is 0 Å². The minimum Gasteiger partial charge on any atom is -0.135 e. The lowest BCUT2D eigenvalue weighted by atomic mass is 9.79. The Kier molecular flexibility index (Phi) is 4.69. The Morgan fingerprint density at radius 1 is 0.279 bits per heavy atom. The number of thiophene rings is 1. The maximum Gasteiger partial charge on any atom is 0.0368 e. The summed E-state index contributed by atoms with van der Waals surface area (Å²) in [5.74, 6) is 0. The van der Waals surface area contributed by atoms with Crippen molar-refractivity contribution >= 4 is 85.4 Å². The van der Waals surface area contributed by atoms with Crippen LogP contribution in [0.3, 0.4) is 0 Å². The van der Waals surface area contributed by atoms with Gasteiger partial charge in [0.1, 0.15) is 0 Å². The first-order chi connectivity index (χ1) is 21.4. The molecule has 1 heterocycles. The van der Waals surface area contributed by atoms with Crippen molar-refractivity contribution in [2.45, 2.75) is 0 Å². The summed E-state index contributed by atoms with van der Waals surface area (Å²) in [6.45, 7) is 0. The van der Waals surface area contributed by atoms with E-state index in [4.69, 9.17) is 0 Å². The highest BCUT2D eigenvalue weighted by molar-refractivity contribution is 7.26. The molecular weight excluding hydrogens is 537 g/mol.